The molecule has 1 aliphatic rings. The van der Waals surface area contributed by atoms with Gasteiger partial charge < -0.3 is 35.5 Å². The predicted molar refractivity (Wildman–Crippen MR) is 229 cm³/mol. The first-order chi connectivity index (χ1) is 28.4. The number of benzene rings is 4. The van der Waals surface area contributed by atoms with Crippen LogP contribution in [0, 0.1) is 0 Å². The highest BCUT2D eigenvalue weighted by atomic mass is 32.2. The average Bonchev–Trinajstić information content (AvgIpc) is 3.18. The summed E-state index contributed by atoms with van der Waals surface area (Å²) >= 11 is 0. The highest BCUT2D eigenvalue weighted by Gasteiger charge is 2.34. The maximum atomic E-state index is 13.5. The molecule has 0 atom stereocenters. The van der Waals surface area contributed by atoms with E-state index in [0.717, 1.165) is 11.8 Å². The summed E-state index contributed by atoms with van der Waals surface area (Å²) in [5.41, 5.74) is 8.05. The van der Waals surface area contributed by atoms with Crippen molar-refractivity contribution in [2.24, 2.45) is 5.73 Å². The Kier molecular flexibility index (Phi) is 12.7. The van der Waals surface area contributed by atoms with E-state index in [0.29, 0.717) is 63.9 Å². The number of anilines is 5. The van der Waals surface area contributed by atoms with Gasteiger partial charge in [0.15, 0.2) is 5.75 Å². The summed E-state index contributed by atoms with van der Waals surface area (Å²) in [7, 11) is -0.889. The molecular formula is C43H49F2N7O7S. The number of urea groups is 1. The number of primary amides is 1. The van der Waals surface area contributed by atoms with Crippen LogP contribution in [0.25, 0.3) is 10.8 Å². The predicted octanol–water partition coefficient (Wildman–Crippen LogP) is 8.13. The third kappa shape index (κ3) is 10.3. The zero-order valence-electron chi connectivity index (χ0n) is 34.3. The summed E-state index contributed by atoms with van der Waals surface area (Å²) in [5.74, 6) is -1.22. The van der Waals surface area contributed by atoms with Crippen LogP contribution in [0.4, 0.5) is 42.1 Å². The van der Waals surface area contributed by atoms with Crippen molar-refractivity contribution in [1.29, 1.82) is 0 Å². The van der Waals surface area contributed by atoms with Crippen molar-refractivity contribution in [1.82, 2.24) is 15.2 Å². The van der Waals surface area contributed by atoms with Crippen LogP contribution in [-0.4, -0.2) is 82.8 Å². The molecule has 0 spiro atoms. The third-order valence-electron chi connectivity index (χ3n) is 9.98. The highest BCUT2D eigenvalue weighted by Crippen LogP contribution is 2.46. The largest absolute Gasteiger partial charge is 0.496 e. The van der Waals surface area contributed by atoms with Crippen molar-refractivity contribution in [3.8, 4) is 23.0 Å². The first kappa shape index (κ1) is 43.4. The SMILES string of the molecule is COc1cc(Nc2cc(Oc3ccc(N(C(N)=O)c4cc(C(C)(C)C)cc(NS(C)(=O)=O)c4OC)c4ccccc34)ccn2)ccc1C(=O)NCCN1CCC(F)(F)CC1. The number of alkyl halides is 2. The minimum atomic E-state index is -3.73. The van der Waals surface area contributed by atoms with Gasteiger partial charge in [0.25, 0.3) is 11.8 Å². The molecule has 0 unspecified atom stereocenters. The van der Waals surface area contributed by atoms with Crippen LogP contribution in [-0.2, 0) is 15.4 Å². The van der Waals surface area contributed by atoms with E-state index in [9.17, 15) is 26.8 Å². The van der Waals surface area contributed by atoms with E-state index in [2.05, 4.69) is 20.3 Å². The molecule has 2 heterocycles. The van der Waals surface area contributed by atoms with Crippen molar-refractivity contribution in [2.75, 3.05) is 61.6 Å². The van der Waals surface area contributed by atoms with Crippen molar-refractivity contribution >= 4 is 61.3 Å². The van der Waals surface area contributed by atoms with E-state index >= 15 is 0 Å². The molecule has 0 radical (unpaired) electrons. The zero-order valence-corrected chi connectivity index (χ0v) is 35.1. The second kappa shape index (κ2) is 17.6. The summed E-state index contributed by atoms with van der Waals surface area (Å²) in [6, 6.07) is 21.7. The topological polar surface area (TPSA) is 177 Å². The fourth-order valence-corrected chi connectivity index (χ4v) is 7.46. The minimum Gasteiger partial charge on any atom is -0.496 e. The summed E-state index contributed by atoms with van der Waals surface area (Å²) < 4.78 is 72.0. The molecule has 1 fully saturated rings. The quantitative estimate of drug-likeness (QED) is 0.0854. The van der Waals surface area contributed by atoms with Gasteiger partial charge in [-0.15, -0.1) is 0 Å². The average molecular weight is 846 g/mol. The van der Waals surface area contributed by atoms with Gasteiger partial charge >= 0.3 is 6.03 Å². The number of hydrogen-bond acceptors (Lipinski definition) is 10. The summed E-state index contributed by atoms with van der Waals surface area (Å²) in [6.07, 6.45) is 2.24. The molecule has 5 N–H and O–H groups in total. The second-order valence-corrected chi connectivity index (χ2v) is 17.2. The number of aromatic nitrogens is 1. The van der Waals surface area contributed by atoms with Gasteiger partial charge in [-0.2, -0.15) is 0 Å². The van der Waals surface area contributed by atoms with Crippen molar-refractivity contribution in [3.05, 3.63) is 96.2 Å². The first-order valence-corrected chi connectivity index (χ1v) is 21.0. The number of nitrogens with one attached hydrogen (secondary N) is 3. The first-order valence-electron chi connectivity index (χ1n) is 19.1. The lowest BCUT2D eigenvalue weighted by Crippen LogP contribution is -2.43. The Hall–Kier alpha value is -6.20. The lowest BCUT2D eigenvalue weighted by Gasteiger charge is -2.31. The number of piperidine rings is 1. The number of sulfonamides is 1. The molecule has 0 saturated carbocycles. The van der Waals surface area contributed by atoms with Gasteiger partial charge in [0.1, 0.15) is 23.1 Å². The van der Waals surface area contributed by atoms with E-state index < -0.39 is 27.4 Å². The number of amides is 3. The van der Waals surface area contributed by atoms with Gasteiger partial charge in [-0.25, -0.2) is 27.0 Å². The van der Waals surface area contributed by atoms with Crippen LogP contribution in [0.1, 0.15) is 49.5 Å². The Balaban J connectivity index is 1.23. The Labute approximate surface area is 348 Å². The second-order valence-electron chi connectivity index (χ2n) is 15.5. The van der Waals surface area contributed by atoms with Crippen molar-refractivity contribution in [3.63, 3.8) is 0 Å². The van der Waals surface area contributed by atoms with Crippen LogP contribution < -0.4 is 40.2 Å². The lowest BCUT2D eigenvalue weighted by atomic mass is 9.86. The summed E-state index contributed by atoms with van der Waals surface area (Å²) in [4.78, 5) is 34.0. The number of hydrogen-bond donors (Lipinski definition) is 4. The molecule has 0 bridgehead atoms. The van der Waals surface area contributed by atoms with E-state index in [4.69, 9.17) is 19.9 Å². The number of carbonyl (C=O) groups excluding carboxylic acids is 2. The molecule has 17 heteroatoms. The minimum absolute atomic E-state index is 0.103. The number of ether oxygens (including phenoxy) is 3. The molecule has 3 amide bonds. The van der Waals surface area contributed by atoms with Gasteiger partial charge in [0, 0.05) is 73.8 Å². The highest BCUT2D eigenvalue weighted by molar-refractivity contribution is 7.92. The summed E-state index contributed by atoms with van der Waals surface area (Å²) in [5, 5.41) is 7.31. The van der Waals surface area contributed by atoms with Crippen LogP contribution in [0.15, 0.2) is 85.1 Å². The molecule has 318 valence electrons. The number of fused-ring (bicyclic) bond motifs is 1. The molecule has 14 nitrogen and oxygen atoms in total. The fourth-order valence-electron chi connectivity index (χ4n) is 6.91. The number of carbonyl (C=O) groups is 2. The molecule has 1 aliphatic heterocycles. The standard InChI is InChI=1S/C43H49F2N7O7S/c1-42(2,3)27-23-33(50-60(6,55)56)39(58-5)35(24-27)52(41(46)54)34-13-14-36(31-10-8-7-9-30(31)34)59-29-15-18-47-38(26-29)49-28-11-12-32(37(25-28)57-4)40(53)48-19-22-51-20-16-43(44,45)17-21-51/h7-15,18,23-26,50H,16-17,19-22H2,1-6H3,(H2,46,54)(H,47,49)(H,48,53). The Bertz CT molecular complexity index is 2500. The van der Waals surface area contributed by atoms with E-state index in [1.54, 1.807) is 60.8 Å². The molecule has 4 aromatic carbocycles. The van der Waals surface area contributed by atoms with Gasteiger partial charge in [-0.3, -0.25) is 14.4 Å². The molecule has 1 aromatic heterocycles. The van der Waals surface area contributed by atoms with Gasteiger partial charge in [-0.05, 0) is 53.4 Å². The van der Waals surface area contributed by atoms with E-state index in [1.807, 2.05) is 49.9 Å². The lowest BCUT2D eigenvalue weighted by molar-refractivity contribution is -0.0547. The maximum Gasteiger partial charge on any atom is 0.324 e. The molecule has 6 rings (SSSR count). The normalized spacial score (nSPS) is 14.3. The van der Waals surface area contributed by atoms with Crippen molar-refractivity contribution in [2.45, 2.75) is 45.0 Å². The number of halogens is 2. The van der Waals surface area contributed by atoms with Gasteiger partial charge in [-0.1, -0.05) is 45.0 Å². The number of nitrogens with zero attached hydrogens (tertiary/aromatic N) is 3. The number of rotatable bonds is 14. The van der Waals surface area contributed by atoms with E-state index in [-0.39, 0.29) is 49.0 Å². The number of pyridine rings is 1. The van der Waals surface area contributed by atoms with Crippen LogP contribution in [0.5, 0.6) is 23.0 Å². The molecule has 0 aliphatic carbocycles. The number of methoxy groups -OCH3 is 2. The smallest absolute Gasteiger partial charge is 0.324 e. The monoisotopic (exact) mass is 845 g/mol. The van der Waals surface area contributed by atoms with Gasteiger partial charge in [0.2, 0.25) is 10.0 Å². The fraction of sp³-hybridized carbons (Fsp3) is 0.326. The number of nitrogens with two attached hydrogens (primary N) is 1. The van der Waals surface area contributed by atoms with Crippen molar-refractivity contribution < 1.29 is 41.0 Å². The third-order valence-corrected chi connectivity index (χ3v) is 10.6. The maximum absolute atomic E-state index is 13.5. The Morgan fingerprint density at radius 2 is 1.63 bits per heavy atom. The van der Waals surface area contributed by atoms with Crippen LogP contribution >= 0.6 is 0 Å². The van der Waals surface area contributed by atoms with E-state index in [1.165, 1.54) is 19.1 Å². The molecule has 5 aromatic rings. The summed E-state index contributed by atoms with van der Waals surface area (Å²) in [6.45, 7) is 7.22. The van der Waals surface area contributed by atoms with Gasteiger partial charge in [0.05, 0.1) is 43.1 Å². The Morgan fingerprint density at radius 1 is 0.917 bits per heavy atom. The molecule has 1 saturated heterocycles. The van der Waals surface area contributed by atoms with Crippen LogP contribution in [0.2, 0.25) is 0 Å². The zero-order chi connectivity index (χ0) is 43.4. The van der Waals surface area contributed by atoms with Crippen LogP contribution in [0.3, 0.4) is 0 Å². The Morgan fingerprint density at radius 3 is 2.28 bits per heavy atom. The molecular weight excluding hydrogens is 797 g/mol. The number of likely N-dealkylation sites (tertiary alicyclic amines) is 1. The molecule has 60 heavy (non-hydrogen) atoms.